The number of hydrogen-bond donors (Lipinski definition) is 2. The van der Waals surface area contributed by atoms with Crippen molar-refractivity contribution in [2.24, 2.45) is 0 Å². The number of halogens is 1. The molecule has 2 unspecified atom stereocenters. The minimum Gasteiger partial charge on any atom is -0.496 e. The van der Waals surface area contributed by atoms with Crippen LogP contribution in [0.15, 0.2) is 84.1 Å². The van der Waals surface area contributed by atoms with E-state index in [9.17, 15) is 9.18 Å². The summed E-state index contributed by atoms with van der Waals surface area (Å²) >= 11 is 0. The first kappa shape index (κ1) is 19.4. The summed E-state index contributed by atoms with van der Waals surface area (Å²) in [4.78, 5) is 13.5. The fraction of sp³-hybridized carbons (Fsp3) is 0.192. The lowest BCUT2D eigenvalue weighted by Gasteiger charge is -2.30. The number of anilines is 2. The highest BCUT2D eigenvalue weighted by Gasteiger charge is 2.36. The fourth-order valence-corrected chi connectivity index (χ4v) is 4.65. The van der Waals surface area contributed by atoms with Crippen molar-refractivity contribution >= 4 is 17.2 Å². The average Bonchev–Trinajstić information content (AvgIpc) is 2.96. The number of nitrogens with one attached hydrogen (secondary N) is 2. The number of ether oxygens (including phenoxy) is 1. The van der Waals surface area contributed by atoms with Gasteiger partial charge in [-0.15, -0.1) is 0 Å². The van der Waals surface area contributed by atoms with Gasteiger partial charge in [-0.1, -0.05) is 42.5 Å². The summed E-state index contributed by atoms with van der Waals surface area (Å²) in [6.45, 7) is 0. The van der Waals surface area contributed by atoms with Gasteiger partial charge in [0.15, 0.2) is 5.78 Å². The van der Waals surface area contributed by atoms with E-state index in [0.29, 0.717) is 18.4 Å². The number of benzene rings is 3. The van der Waals surface area contributed by atoms with Crippen LogP contribution >= 0.6 is 0 Å². The van der Waals surface area contributed by atoms with Gasteiger partial charge in [-0.25, -0.2) is 4.39 Å². The molecule has 1 aliphatic heterocycles. The number of ketones is 1. The Hall–Kier alpha value is -3.60. The monoisotopic (exact) mass is 414 g/mol. The maximum atomic E-state index is 14.0. The van der Waals surface area contributed by atoms with Crippen molar-refractivity contribution in [2.75, 3.05) is 17.7 Å². The Balaban J connectivity index is 1.62. The van der Waals surface area contributed by atoms with E-state index in [2.05, 4.69) is 10.6 Å². The zero-order valence-corrected chi connectivity index (χ0v) is 17.2. The van der Waals surface area contributed by atoms with Crippen molar-refractivity contribution in [1.82, 2.24) is 0 Å². The van der Waals surface area contributed by atoms with E-state index in [1.165, 1.54) is 12.1 Å². The number of para-hydroxylation sites is 3. The number of methoxy groups -OCH3 is 1. The summed E-state index contributed by atoms with van der Waals surface area (Å²) in [6.07, 6.45) is 1.05. The molecular weight excluding hydrogens is 391 g/mol. The van der Waals surface area contributed by atoms with Crippen LogP contribution in [0.25, 0.3) is 0 Å². The predicted octanol–water partition coefficient (Wildman–Crippen LogP) is 5.81. The number of carbonyl (C=O) groups is 1. The molecule has 2 N–H and O–H groups in total. The number of Topliss-reactive ketones (excluding diaryl/α,β-unsaturated/α-hetero) is 1. The number of fused-ring (bicyclic) bond motifs is 1. The second kappa shape index (κ2) is 7.91. The lowest BCUT2D eigenvalue weighted by Crippen LogP contribution is -2.27. The molecule has 2 aliphatic rings. The molecule has 4 nitrogen and oxygen atoms in total. The van der Waals surface area contributed by atoms with Gasteiger partial charge in [-0.2, -0.15) is 0 Å². The van der Waals surface area contributed by atoms with Crippen molar-refractivity contribution in [3.05, 3.63) is 101 Å². The Morgan fingerprint density at radius 2 is 1.71 bits per heavy atom. The van der Waals surface area contributed by atoms with Crippen molar-refractivity contribution < 1.29 is 13.9 Å². The molecule has 0 radical (unpaired) electrons. The van der Waals surface area contributed by atoms with Gasteiger partial charge in [0.25, 0.3) is 0 Å². The number of carbonyl (C=O) groups excluding carboxylic acids is 1. The van der Waals surface area contributed by atoms with Gasteiger partial charge in [-0.3, -0.25) is 4.79 Å². The van der Waals surface area contributed by atoms with E-state index in [0.717, 1.165) is 33.9 Å². The zero-order chi connectivity index (χ0) is 21.4. The van der Waals surface area contributed by atoms with Crippen LogP contribution in [0.1, 0.15) is 35.9 Å². The first-order valence-electron chi connectivity index (χ1n) is 10.4. The molecule has 3 aromatic rings. The average molecular weight is 414 g/mol. The molecule has 0 bridgehead atoms. The minimum atomic E-state index is -0.423. The smallest absolute Gasteiger partial charge is 0.163 e. The van der Waals surface area contributed by atoms with Gasteiger partial charge in [0.05, 0.1) is 24.5 Å². The molecule has 2 atom stereocenters. The van der Waals surface area contributed by atoms with Crippen LogP contribution in [-0.2, 0) is 4.79 Å². The maximum absolute atomic E-state index is 14.0. The highest BCUT2D eigenvalue weighted by Crippen LogP contribution is 2.45. The third-order valence-corrected chi connectivity index (χ3v) is 6.07. The topological polar surface area (TPSA) is 50.4 Å². The van der Waals surface area contributed by atoms with Crippen LogP contribution in [0.5, 0.6) is 5.75 Å². The summed E-state index contributed by atoms with van der Waals surface area (Å²) in [7, 11) is 1.65. The molecule has 31 heavy (non-hydrogen) atoms. The number of hydrogen-bond acceptors (Lipinski definition) is 4. The normalized spacial score (nSPS) is 20.1. The molecule has 0 saturated heterocycles. The maximum Gasteiger partial charge on any atom is 0.163 e. The van der Waals surface area contributed by atoms with Crippen molar-refractivity contribution in [2.45, 2.75) is 24.8 Å². The molecule has 0 amide bonds. The summed E-state index contributed by atoms with van der Waals surface area (Å²) in [5, 5.41) is 6.98. The minimum absolute atomic E-state index is 0.00771. The highest BCUT2D eigenvalue weighted by molar-refractivity contribution is 6.01. The van der Waals surface area contributed by atoms with Crippen LogP contribution in [0.3, 0.4) is 0 Å². The van der Waals surface area contributed by atoms with E-state index >= 15 is 0 Å². The molecule has 5 heteroatoms. The summed E-state index contributed by atoms with van der Waals surface area (Å²) in [5.41, 5.74) is 5.09. The molecule has 1 aliphatic carbocycles. The quantitative estimate of drug-likeness (QED) is 0.568. The van der Waals surface area contributed by atoms with E-state index in [4.69, 9.17) is 4.74 Å². The predicted molar refractivity (Wildman–Crippen MR) is 120 cm³/mol. The molecule has 1 heterocycles. The van der Waals surface area contributed by atoms with Crippen molar-refractivity contribution in [3.8, 4) is 5.75 Å². The van der Waals surface area contributed by atoms with Gasteiger partial charge in [0.1, 0.15) is 11.6 Å². The third kappa shape index (κ3) is 3.56. The molecule has 5 rings (SSSR count). The second-order valence-corrected chi connectivity index (χ2v) is 7.97. The molecule has 0 fully saturated rings. The van der Waals surface area contributed by atoms with Gasteiger partial charge < -0.3 is 15.4 Å². The Morgan fingerprint density at radius 3 is 2.52 bits per heavy atom. The summed E-state index contributed by atoms with van der Waals surface area (Å²) in [5.74, 6) is 0.535. The van der Waals surface area contributed by atoms with Crippen molar-refractivity contribution in [1.29, 1.82) is 0 Å². The highest BCUT2D eigenvalue weighted by atomic mass is 19.1. The molecule has 0 spiro atoms. The molecule has 156 valence electrons. The van der Waals surface area contributed by atoms with Crippen LogP contribution in [0.4, 0.5) is 15.8 Å². The van der Waals surface area contributed by atoms with Gasteiger partial charge in [-0.05, 0) is 47.9 Å². The van der Waals surface area contributed by atoms with E-state index in [-0.39, 0.29) is 17.5 Å². The number of rotatable bonds is 3. The summed E-state index contributed by atoms with van der Waals surface area (Å²) < 4.78 is 19.6. The van der Waals surface area contributed by atoms with E-state index in [1.54, 1.807) is 13.2 Å². The first-order valence-corrected chi connectivity index (χ1v) is 10.4. The van der Waals surface area contributed by atoms with Crippen LogP contribution < -0.4 is 15.4 Å². The summed E-state index contributed by atoms with van der Waals surface area (Å²) in [6, 6.07) is 21.7. The number of allylic oxidation sites excluding steroid dienone is 1. The van der Waals surface area contributed by atoms with E-state index in [1.807, 2.05) is 54.6 Å². The lowest BCUT2D eigenvalue weighted by molar-refractivity contribution is -0.116. The molecule has 0 aromatic heterocycles. The largest absolute Gasteiger partial charge is 0.496 e. The Kier molecular flexibility index (Phi) is 4.94. The Morgan fingerprint density at radius 1 is 0.935 bits per heavy atom. The van der Waals surface area contributed by atoms with Crippen LogP contribution in [0, 0.1) is 5.82 Å². The Labute approximate surface area is 180 Å². The molecule has 0 saturated carbocycles. The first-order chi connectivity index (χ1) is 15.1. The van der Waals surface area contributed by atoms with Gasteiger partial charge in [0.2, 0.25) is 0 Å². The SMILES string of the molecule is COc1ccccc1C1CC(=O)C2=C(C1)Nc1ccccc1NC2c1cccc(F)c1. The third-order valence-electron chi connectivity index (χ3n) is 6.07. The standard InChI is InChI=1S/C26H23FN2O2/c1-31-24-12-5-2-9-19(24)17-14-22-25(23(30)15-17)26(16-7-6-8-18(27)13-16)29-21-11-4-3-10-20(21)28-22/h2-13,17,26,28-29H,14-15H2,1H3. The molecular formula is C26H23FN2O2. The lowest BCUT2D eigenvalue weighted by atomic mass is 9.78. The van der Waals surface area contributed by atoms with Gasteiger partial charge in [0, 0.05) is 23.6 Å². The van der Waals surface area contributed by atoms with Crippen LogP contribution in [0.2, 0.25) is 0 Å². The zero-order valence-electron chi connectivity index (χ0n) is 17.2. The second-order valence-electron chi connectivity index (χ2n) is 7.97. The van der Waals surface area contributed by atoms with E-state index < -0.39 is 6.04 Å². The van der Waals surface area contributed by atoms with Crippen molar-refractivity contribution in [3.63, 3.8) is 0 Å². The van der Waals surface area contributed by atoms with Gasteiger partial charge >= 0.3 is 0 Å². The Bertz CT molecular complexity index is 1190. The fourth-order valence-electron chi connectivity index (χ4n) is 4.65. The molecule has 3 aromatic carbocycles. The van der Waals surface area contributed by atoms with Crippen LogP contribution in [-0.4, -0.2) is 12.9 Å².